The van der Waals surface area contributed by atoms with Gasteiger partial charge in [-0.05, 0) is 59.5 Å². The van der Waals surface area contributed by atoms with Crippen LogP contribution >= 0.6 is 12.4 Å². The van der Waals surface area contributed by atoms with Gasteiger partial charge in [-0.2, -0.15) is 0 Å². The zero-order valence-electron chi connectivity index (χ0n) is 17.0. The molecular weight excluding hydrogens is 412 g/mol. The molecule has 158 valence electrons. The van der Waals surface area contributed by atoms with Gasteiger partial charge in [0.05, 0.1) is 17.6 Å². The molecule has 0 aliphatic rings. The number of rotatable bonds is 7. The topological polar surface area (TPSA) is 75.2 Å². The van der Waals surface area contributed by atoms with Crippen LogP contribution in [0.25, 0.3) is 28.2 Å². The molecule has 0 unspecified atom stereocenters. The SMILES string of the molecule is CCOc1ccc(-c2ccc3nc(Cc4ccc(/C=C/C(=O)O)cc4)[nH]c3c2)cc1.Cl. The molecule has 0 aliphatic heterocycles. The molecule has 0 fully saturated rings. The van der Waals surface area contributed by atoms with Crippen LogP contribution in [0.1, 0.15) is 23.9 Å². The van der Waals surface area contributed by atoms with Crippen LogP contribution in [0.3, 0.4) is 0 Å². The molecule has 0 saturated heterocycles. The van der Waals surface area contributed by atoms with E-state index in [2.05, 4.69) is 29.2 Å². The van der Waals surface area contributed by atoms with Crippen LogP contribution in [0.15, 0.2) is 72.8 Å². The normalized spacial score (nSPS) is 10.9. The van der Waals surface area contributed by atoms with Crippen LogP contribution < -0.4 is 4.74 Å². The Morgan fingerprint density at radius 2 is 1.74 bits per heavy atom. The fourth-order valence-electron chi connectivity index (χ4n) is 3.34. The van der Waals surface area contributed by atoms with Crippen LogP contribution in [-0.4, -0.2) is 27.7 Å². The van der Waals surface area contributed by atoms with Crippen molar-refractivity contribution in [2.45, 2.75) is 13.3 Å². The maximum absolute atomic E-state index is 10.6. The zero-order chi connectivity index (χ0) is 20.9. The zero-order valence-corrected chi connectivity index (χ0v) is 17.9. The maximum atomic E-state index is 10.6. The van der Waals surface area contributed by atoms with Crippen LogP contribution in [0.2, 0.25) is 0 Å². The number of hydrogen-bond donors (Lipinski definition) is 2. The van der Waals surface area contributed by atoms with E-state index in [-0.39, 0.29) is 12.4 Å². The number of fused-ring (bicyclic) bond motifs is 1. The Kier molecular flexibility index (Phi) is 7.11. The molecule has 5 nitrogen and oxygen atoms in total. The summed E-state index contributed by atoms with van der Waals surface area (Å²) < 4.78 is 5.51. The van der Waals surface area contributed by atoms with Gasteiger partial charge in [0.15, 0.2) is 0 Å². The largest absolute Gasteiger partial charge is 0.494 e. The van der Waals surface area contributed by atoms with Gasteiger partial charge in [0.2, 0.25) is 0 Å². The first-order valence-corrected chi connectivity index (χ1v) is 9.82. The van der Waals surface area contributed by atoms with E-state index >= 15 is 0 Å². The number of aliphatic carboxylic acids is 1. The Labute approximate surface area is 186 Å². The van der Waals surface area contributed by atoms with Crippen molar-refractivity contribution < 1.29 is 14.6 Å². The second-order valence-corrected chi connectivity index (χ2v) is 6.96. The number of nitrogens with zero attached hydrogens (tertiary/aromatic N) is 1. The number of carboxylic acid groups (broad SMARTS) is 1. The van der Waals surface area contributed by atoms with Gasteiger partial charge in [-0.15, -0.1) is 12.4 Å². The van der Waals surface area contributed by atoms with E-state index in [1.54, 1.807) is 6.08 Å². The van der Waals surface area contributed by atoms with E-state index in [1.807, 2.05) is 49.4 Å². The van der Waals surface area contributed by atoms with Crippen LogP contribution in [0.5, 0.6) is 5.75 Å². The van der Waals surface area contributed by atoms with Crippen molar-refractivity contribution in [2.24, 2.45) is 0 Å². The average molecular weight is 435 g/mol. The molecule has 4 aromatic rings. The number of ether oxygens (including phenoxy) is 1. The second-order valence-electron chi connectivity index (χ2n) is 6.96. The molecule has 1 heterocycles. The van der Waals surface area contributed by atoms with Gasteiger partial charge in [-0.25, -0.2) is 9.78 Å². The van der Waals surface area contributed by atoms with E-state index in [0.29, 0.717) is 13.0 Å². The van der Waals surface area contributed by atoms with Gasteiger partial charge in [0.1, 0.15) is 11.6 Å². The molecule has 1 aromatic heterocycles. The Morgan fingerprint density at radius 1 is 1.03 bits per heavy atom. The number of carboxylic acids is 1. The van der Waals surface area contributed by atoms with E-state index in [0.717, 1.165) is 50.9 Å². The van der Waals surface area contributed by atoms with Crippen LogP contribution in [-0.2, 0) is 11.2 Å². The number of aromatic nitrogens is 2. The standard InChI is InChI=1S/C25H22N2O3.ClH/c1-2-30-21-11-8-19(9-12-21)20-10-13-22-23(16-20)27-24(26-22)15-18-5-3-17(4-6-18)7-14-25(28)29;/h3-14,16H,2,15H2,1H3,(H,26,27)(H,28,29);1H/b14-7+;. The quantitative estimate of drug-likeness (QED) is 0.364. The van der Waals surface area contributed by atoms with Gasteiger partial charge in [-0.1, -0.05) is 42.5 Å². The molecule has 0 aliphatic carbocycles. The van der Waals surface area contributed by atoms with E-state index < -0.39 is 5.97 Å². The van der Waals surface area contributed by atoms with Crippen LogP contribution in [0, 0.1) is 0 Å². The van der Waals surface area contributed by atoms with Crippen molar-refractivity contribution in [3.8, 4) is 16.9 Å². The predicted molar refractivity (Wildman–Crippen MR) is 126 cm³/mol. The molecule has 0 saturated carbocycles. The molecule has 31 heavy (non-hydrogen) atoms. The number of benzene rings is 3. The van der Waals surface area contributed by atoms with Gasteiger partial charge in [-0.3, -0.25) is 0 Å². The molecule has 0 bridgehead atoms. The number of aromatic amines is 1. The summed E-state index contributed by atoms with van der Waals surface area (Å²) in [6.07, 6.45) is 3.39. The first kappa shape index (κ1) is 22.1. The number of imidazole rings is 1. The summed E-state index contributed by atoms with van der Waals surface area (Å²) in [5, 5.41) is 8.71. The predicted octanol–water partition coefficient (Wildman–Crippen LogP) is 5.74. The van der Waals surface area contributed by atoms with Gasteiger partial charge >= 0.3 is 5.97 Å². The fraction of sp³-hybridized carbons (Fsp3) is 0.120. The maximum Gasteiger partial charge on any atom is 0.328 e. The lowest BCUT2D eigenvalue weighted by Gasteiger charge is -2.05. The summed E-state index contributed by atoms with van der Waals surface area (Å²) in [5.41, 5.74) is 6.13. The minimum absolute atomic E-state index is 0. The highest BCUT2D eigenvalue weighted by atomic mass is 35.5. The molecule has 0 atom stereocenters. The van der Waals surface area contributed by atoms with Crippen molar-refractivity contribution in [3.05, 3.63) is 89.8 Å². The lowest BCUT2D eigenvalue weighted by atomic mass is 10.1. The Hall–Kier alpha value is -3.57. The van der Waals surface area contributed by atoms with Crippen molar-refractivity contribution >= 4 is 35.5 Å². The molecular formula is C25H23ClN2O3. The highest BCUT2D eigenvalue weighted by Crippen LogP contribution is 2.26. The minimum atomic E-state index is -0.953. The Morgan fingerprint density at radius 3 is 2.42 bits per heavy atom. The monoisotopic (exact) mass is 434 g/mol. The molecule has 0 radical (unpaired) electrons. The summed E-state index contributed by atoms with van der Waals surface area (Å²) in [6, 6.07) is 22.1. The van der Waals surface area contributed by atoms with E-state index in [9.17, 15) is 4.79 Å². The molecule has 2 N–H and O–H groups in total. The molecule has 6 heteroatoms. The highest BCUT2D eigenvalue weighted by molar-refractivity contribution is 5.85. The van der Waals surface area contributed by atoms with Crippen molar-refractivity contribution in [2.75, 3.05) is 6.61 Å². The summed E-state index contributed by atoms with van der Waals surface area (Å²) in [6.45, 7) is 2.63. The number of nitrogens with one attached hydrogen (secondary N) is 1. The third kappa shape index (κ3) is 5.53. The van der Waals surface area contributed by atoms with Crippen LogP contribution in [0.4, 0.5) is 0 Å². The lowest BCUT2D eigenvalue weighted by Crippen LogP contribution is -1.91. The molecule has 3 aromatic carbocycles. The van der Waals surface area contributed by atoms with Gasteiger partial charge in [0.25, 0.3) is 0 Å². The van der Waals surface area contributed by atoms with E-state index in [1.165, 1.54) is 0 Å². The van der Waals surface area contributed by atoms with Gasteiger partial charge in [0, 0.05) is 12.5 Å². The fourth-order valence-corrected chi connectivity index (χ4v) is 3.34. The van der Waals surface area contributed by atoms with Crippen molar-refractivity contribution in [1.29, 1.82) is 0 Å². The summed E-state index contributed by atoms with van der Waals surface area (Å²) >= 11 is 0. The average Bonchev–Trinajstić information content (AvgIpc) is 3.15. The lowest BCUT2D eigenvalue weighted by molar-refractivity contribution is -0.131. The minimum Gasteiger partial charge on any atom is -0.494 e. The second kappa shape index (κ2) is 9.96. The Bertz CT molecular complexity index is 1200. The third-order valence-corrected chi connectivity index (χ3v) is 4.80. The smallest absolute Gasteiger partial charge is 0.328 e. The Balaban J connectivity index is 0.00000272. The summed E-state index contributed by atoms with van der Waals surface area (Å²) in [5.74, 6) is 0.809. The number of H-pyrrole nitrogens is 1. The summed E-state index contributed by atoms with van der Waals surface area (Å²) in [7, 11) is 0. The number of halogens is 1. The third-order valence-electron chi connectivity index (χ3n) is 4.80. The summed E-state index contributed by atoms with van der Waals surface area (Å²) in [4.78, 5) is 18.7. The van der Waals surface area contributed by atoms with Gasteiger partial charge < -0.3 is 14.8 Å². The number of carbonyl (C=O) groups is 1. The van der Waals surface area contributed by atoms with Crippen molar-refractivity contribution in [3.63, 3.8) is 0 Å². The first-order valence-electron chi connectivity index (χ1n) is 9.82. The van der Waals surface area contributed by atoms with E-state index in [4.69, 9.17) is 14.8 Å². The molecule has 4 rings (SSSR count). The van der Waals surface area contributed by atoms with Crippen molar-refractivity contribution in [1.82, 2.24) is 9.97 Å². The first-order chi connectivity index (χ1) is 14.6. The highest BCUT2D eigenvalue weighted by Gasteiger charge is 2.07. The molecule has 0 spiro atoms. The molecule has 0 amide bonds. The number of hydrogen-bond acceptors (Lipinski definition) is 3.